The molecule has 170 valence electrons. The van der Waals surface area contributed by atoms with E-state index in [9.17, 15) is 18.8 Å². The van der Waals surface area contributed by atoms with E-state index in [1.807, 2.05) is 26.0 Å². The third-order valence-corrected chi connectivity index (χ3v) is 5.72. The zero-order chi connectivity index (χ0) is 23.4. The molecule has 3 N–H and O–H groups in total. The van der Waals surface area contributed by atoms with E-state index in [0.29, 0.717) is 5.56 Å². The lowest BCUT2D eigenvalue weighted by Crippen LogP contribution is -2.55. The number of carbonyl (C=O) groups excluding carboxylic acids is 3. The second-order valence-corrected chi connectivity index (χ2v) is 8.28. The lowest BCUT2D eigenvalue weighted by atomic mass is 10.0. The van der Waals surface area contributed by atoms with Crippen LogP contribution in [0.25, 0.3) is 0 Å². The molecule has 3 rings (SSSR count). The predicted octanol–water partition coefficient (Wildman–Crippen LogP) is 2.60. The molecule has 1 aliphatic rings. The van der Waals surface area contributed by atoms with E-state index in [-0.39, 0.29) is 30.0 Å². The second kappa shape index (κ2) is 9.91. The summed E-state index contributed by atoms with van der Waals surface area (Å²) in [5.74, 6) is -1.93. The van der Waals surface area contributed by atoms with Crippen LogP contribution in [0, 0.1) is 11.7 Å². The van der Waals surface area contributed by atoms with Gasteiger partial charge in [0.25, 0.3) is 5.91 Å². The molecular weight excluding hydrogens is 411 g/mol. The molecule has 32 heavy (non-hydrogen) atoms. The van der Waals surface area contributed by atoms with Crippen molar-refractivity contribution in [2.24, 2.45) is 5.92 Å². The molecule has 0 spiro atoms. The molecule has 3 atom stereocenters. The third kappa shape index (κ3) is 4.80. The highest BCUT2D eigenvalue weighted by Crippen LogP contribution is 2.35. The van der Waals surface area contributed by atoms with Gasteiger partial charge in [0.2, 0.25) is 11.8 Å². The Morgan fingerprint density at radius 2 is 1.69 bits per heavy atom. The normalized spacial score (nSPS) is 16.9. The van der Waals surface area contributed by atoms with Gasteiger partial charge in [-0.2, -0.15) is 0 Å². The van der Waals surface area contributed by atoms with E-state index in [2.05, 4.69) is 16.0 Å². The Hall–Kier alpha value is -3.26. The van der Waals surface area contributed by atoms with Crippen molar-refractivity contribution in [1.82, 2.24) is 15.5 Å². The number of rotatable bonds is 7. The monoisotopic (exact) mass is 440 g/mol. The first-order valence-electron chi connectivity index (χ1n) is 10.7. The van der Waals surface area contributed by atoms with Crippen LogP contribution in [0.3, 0.4) is 0 Å². The molecule has 1 unspecified atom stereocenters. The Bertz CT molecular complexity index is 1010. The van der Waals surface area contributed by atoms with Gasteiger partial charge in [-0.3, -0.25) is 14.4 Å². The number of anilines is 1. The van der Waals surface area contributed by atoms with E-state index in [1.54, 1.807) is 32.2 Å². The smallest absolute Gasteiger partial charge is 0.251 e. The topological polar surface area (TPSA) is 90.5 Å². The molecular formula is C24H29FN4O3. The zero-order valence-electron chi connectivity index (χ0n) is 18.7. The van der Waals surface area contributed by atoms with Gasteiger partial charge in [0.15, 0.2) is 0 Å². The number of hydrogen-bond donors (Lipinski definition) is 3. The quantitative estimate of drug-likeness (QED) is 0.617. The standard InChI is InChI=1S/C24H29FN4O3/c1-14(2)20(28-22(30)15(3)26-4)24(32)29-13-16-9-5-6-10-17(16)21(29)23(31)27-19-12-8-7-11-18(19)25/h5-12,14-15,20-21,26H,13H2,1-4H3,(H,27,31)(H,28,30)/t15-,20-,21?/m0/s1. The van der Waals surface area contributed by atoms with Gasteiger partial charge < -0.3 is 20.9 Å². The Morgan fingerprint density at radius 1 is 1.03 bits per heavy atom. The first kappa shape index (κ1) is 23.4. The van der Waals surface area contributed by atoms with Gasteiger partial charge >= 0.3 is 0 Å². The summed E-state index contributed by atoms with van der Waals surface area (Å²) in [6.07, 6.45) is 0. The minimum absolute atomic E-state index is 0.0471. The van der Waals surface area contributed by atoms with Crippen molar-refractivity contribution in [3.63, 3.8) is 0 Å². The first-order chi connectivity index (χ1) is 15.2. The summed E-state index contributed by atoms with van der Waals surface area (Å²) in [6.45, 7) is 5.60. The van der Waals surface area contributed by atoms with Gasteiger partial charge in [-0.25, -0.2) is 4.39 Å². The molecule has 0 aliphatic carbocycles. The van der Waals surface area contributed by atoms with Crippen molar-refractivity contribution in [1.29, 1.82) is 0 Å². The van der Waals surface area contributed by atoms with Gasteiger partial charge in [-0.15, -0.1) is 0 Å². The van der Waals surface area contributed by atoms with E-state index in [1.165, 1.54) is 23.1 Å². The lowest BCUT2D eigenvalue weighted by molar-refractivity contribution is -0.143. The van der Waals surface area contributed by atoms with E-state index in [0.717, 1.165) is 5.56 Å². The van der Waals surface area contributed by atoms with Crippen molar-refractivity contribution < 1.29 is 18.8 Å². The van der Waals surface area contributed by atoms with Crippen molar-refractivity contribution in [2.45, 2.75) is 45.4 Å². The lowest BCUT2D eigenvalue weighted by Gasteiger charge is -2.31. The van der Waals surface area contributed by atoms with Crippen LogP contribution in [-0.4, -0.2) is 41.8 Å². The largest absolute Gasteiger partial charge is 0.343 e. The van der Waals surface area contributed by atoms with Crippen molar-refractivity contribution in [2.75, 3.05) is 12.4 Å². The molecule has 0 saturated heterocycles. The molecule has 0 aromatic heterocycles. The van der Waals surface area contributed by atoms with Crippen LogP contribution >= 0.6 is 0 Å². The Labute approximate surface area is 187 Å². The molecule has 0 bridgehead atoms. The summed E-state index contributed by atoms with van der Waals surface area (Å²) in [5, 5.41) is 8.27. The van der Waals surface area contributed by atoms with Crippen molar-refractivity contribution in [3.05, 3.63) is 65.5 Å². The fourth-order valence-electron chi connectivity index (χ4n) is 3.74. The minimum atomic E-state index is -0.932. The molecule has 8 heteroatoms. The minimum Gasteiger partial charge on any atom is -0.343 e. The number of halogens is 1. The highest BCUT2D eigenvalue weighted by Gasteiger charge is 2.42. The van der Waals surface area contributed by atoms with Crippen LogP contribution in [-0.2, 0) is 20.9 Å². The fraction of sp³-hybridized carbons (Fsp3) is 0.375. The summed E-state index contributed by atoms with van der Waals surface area (Å²) in [4.78, 5) is 40.7. The number of carbonyl (C=O) groups is 3. The average molecular weight is 441 g/mol. The number of para-hydroxylation sites is 1. The van der Waals surface area contributed by atoms with Gasteiger partial charge in [-0.1, -0.05) is 50.2 Å². The van der Waals surface area contributed by atoms with Gasteiger partial charge in [-0.05, 0) is 43.1 Å². The Kier molecular flexibility index (Phi) is 7.25. The van der Waals surface area contributed by atoms with E-state index in [4.69, 9.17) is 0 Å². The number of nitrogens with zero attached hydrogens (tertiary/aromatic N) is 1. The van der Waals surface area contributed by atoms with Crippen LogP contribution in [0.1, 0.15) is 37.9 Å². The van der Waals surface area contributed by atoms with Crippen LogP contribution < -0.4 is 16.0 Å². The summed E-state index contributed by atoms with van der Waals surface area (Å²) in [6, 6.07) is 11.0. The number of hydrogen-bond acceptors (Lipinski definition) is 4. The van der Waals surface area contributed by atoms with E-state index >= 15 is 0 Å². The van der Waals surface area contributed by atoms with Crippen molar-refractivity contribution >= 4 is 23.4 Å². The molecule has 1 aliphatic heterocycles. The maximum absolute atomic E-state index is 14.1. The molecule has 0 radical (unpaired) electrons. The molecule has 2 aromatic carbocycles. The number of nitrogens with one attached hydrogen (secondary N) is 3. The van der Waals surface area contributed by atoms with Crippen molar-refractivity contribution in [3.8, 4) is 0 Å². The molecule has 1 heterocycles. The van der Waals surface area contributed by atoms with Crippen LogP contribution in [0.2, 0.25) is 0 Å². The summed E-state index contributed by atoms with van der Waals surface area (Å²) in [7, 11) is 1.66. The fourth-order valence-corrected chi connectivity index (χ4v) is 3.74. The second-order valence-electron chi connectivity index (χ2n) is 8.28. The molecule has 0 saturated carbocycles. The summed E-state index contributed by atoms with van der Waals surface area (Å²) >= 11 is 0. The predicted molar refractivity (Wildman–Crippen MR) is 120 cm³/mol. The van der Waals surface area contributed by atoms with Gasteiger partial charge in [0, 0.05) is 6.54 Å². The van der Waals surface area contributed by atoms with Crippen LogP contribution in [0.4, 0.5) is 10.1 Å². The highest BCUT2D eigenvalue weighted by molar-refractivity contribution is 6.00. The molecule has 2 aromatic rings. The first-order valence-corrected chi connectivity index (χ1v) is 10.7. The van der Waals surface area contributed by atoms with Crippen LogP contribution in [0.5, 0.6) is 0 Å². The number of likely N-dealkylation sites (N-methyl/N-ethyl adjacent to an activating group) is 1. The highest BCUT2D eigenvalue weighted by atomic mass is 19.1. The maximum Gasteiger partial charge on any atom is 0.251 e. The zero-order valence-corrected chi connectivity index (χ0v) is 18.7. The summed E-state index contributed by atoms with van der Waals surface area (Å²) in [5.41, 5.74) is 1.57. The van der Waals surface area contributed by atoms with E-state index < -0.39 is 29.8 Å². The Morgan fingerprint density at radius 3 is 2.34 bits per heavy atom. The third-order valence-electron chi connectivity index (χ3n) is 5.72. The van der Waals surface area contributed by atoms with Crippen LogP contribution in [0.15, 0.2) is 48.5 Å². The van der Waals surface area contributed by atoms with Gasteiger partial charge in [0.05, 0.1) is 11.7 Å². The Balaban J connectivity index is 1.91. The SMILES string of the molecule is CN[C@@H](C)C(=O)N[C@H](C(=O)N1Cc2ccccc2C1C(=O)Nc1ccccc1F)C(C)C. The van der Waals surface area contributed by atoms with Gasteiger partial charge in [0.1, 0.15) is 17.9 Å². The molecule has 7 nitrogen and oxygen atoms in total. The number of benzene rings is 2. The number of amides is 3. The molecule has 3 amide bonds. The summed E-state index contributed by atoms with van der Waals surface area (Å²) < 4.78 is 14.1. The molecule has 0 fully saturated rings. The number of fused-ring (bicyclic) bond motifs is 1. The average Bonchev–Trinajstić information content (AvgIpc) is 3.17. The maximum atomic E-state index is 14.1.